The van der Waals surface area contributed by atoms with E-state index in [0.717, 1.165) is 16.0 Å². The monoisotopic (exact) mass is 822 g/mol. The van der Waals surface area contributed by atoms with E-state index in [1.54, 1.807) is 72.8 Å². The van der Waals surface area contributed by atoms with Crippen LogP contribution in [0.15, 0.2) is 115 Å². The average molecular weight is 824 g/mol. The molecule has 0 radical (unpaired) electrons. The molecule has 0 bridgehead atoms. The predicted octanol–water partition coefficient (Wildman–Crippen LogP) is 9.10. The molecule has 2 saturated heterocycles. The fraction of sp³-hybridized carbons (Fsp3) is 0.205. The fourth-order valence-electron chi connectivity index (χ4n) is 9.70. The number of phenols is 1. The molecule has 1 saturated carbocycles. The van der Waals surface area contributed by atoms with Crippen molar-refractivity contribution < 1.29 is 37.5 Å². The number of phenolic OH excluding ortho intramolecular Hbond substituents is 1. The maximum absolute atomic E-state index is 15.6. The molecule has 1 aromatic heterocycles. The van der Waals surface area contributed by atoms with E-state index in [2.05, 4.69) is 17.0 Å². The Bertz CT molecular complexity index is 2630. The number of amides is 4. The lowest BCUT2D eigenvalue weighted by molar-refractivity contribution is -0.139. The van der Waals surface area contributed by atoms with Crippen molar-refractivity contribution in [2.75, 3.05) is 10.3 Å². The largest absolute Gasteiger partial charge is 0.508 e. The second-order valence-electron chi connectivity index (χ2n) is 14.9. The predicted molar refractivity (Wildman–Crippen MR) is 212 cm³/mol. The first-order chi connectivity index (χ1) is 27.7. The van der Waals surface area contributed by atoms with Crippen LogP contribution < -0.4 is 10.3 Å². The number of nitrogens with zero attached hydrogens (tertiary/aromatic N) is 3. The topological polar surface area (TPSA) is 120 Å². The van der Waals surface area contributed by atoms with Gasteiger partial charge >= 0.3 is 6.18 Å². The minimum Gasteiger partial charge on any atom is -0.508 e. The van der Waals surface area contributed by atoms with Crippen molar-refractivity contribution in [1.82, 2.24) is 9.99 Å². The van der Waals surface area contributed by atoms with Crippen LogP contribution in [0, 0.1) is 23.7 Å². The van der Waals surface area contributed by atoms with Gasteiger partial charge in [-0.05, 0) is 77.1 Å². The molecule has 3 fully saturated rings. The highest BCUT2D eigenvalue weighted by molar-refractivity contribution is 6.33. The normalized spacial score (nSPS) is 25.4. The maximum Gasteiger partial charge on any atom is 0.417 e. The highest BCUT2D eigenvalue weighted by Gasteiger charge is 2.71. The number of imide groups is 2. The zero-order valence-corrected chi connectivity index (χ0v) is 31.7. The third-order valence-electron chi connectivity index (χ3n) is 12.2. The Morgan fingerprint density at radius 3 is 2.31 bits per heavy atom. The molecule has 292 valence electrons. The summed E-state index contributed by atoms with van der Waals surface area (Å²) >= 11 is 12.7. The smallest absolute Gasteiger partial charge is 0.417 e. The van der Waals surface area contributed by atoms with Gasteiger partial charge < -0.3 is 5.11 Å². The SMILES string of the molecule is C=Cc1ccc(N2C(=O)[C@H]3[C@H](CC=C4[C@H]3C[C@H]3C(=O)N(Nc5ncc(C(F)(F)F)cc5Cl)C(=O)[C@@]3(c3ccc(Cl)cc3)[C@H]4c3c(O)ccc4ccccc34)C2=O)cc1. The molecule has 0 spiro atoms. The van der Waals surface area contributed by atoms with Crippen molar-refractivity contribution >= 4 is 75.2 Å². The molecule has 4 aromatic carbocycles. The molecule has 5 aromatic rings. The van der Waals surface area contributed by atoms with Crippen molar-refractivity contribution in [3.05, 3.63) is 148 Å². The highest BCUT2D eigenvalue weighted by atomic mass is 35.5. The van der Waals surface area contributed by atoms with Crippen LogP contribution in [-0.4, -0.2) is 38.7 Å². The lowest BCUT2D eigenvalue weighted by atomic mass is 9.48. The molecule has 2 N–H and O–H groups in total. The van der Waals surface area contributed by atoms with E-state index in [1.165, 1.54) is 11.0 Å². The molecule has 3 heterocycles. The van der Waals surface area contributed by atoms with Gasteiger partial charge in [-0.1, -0.05) is 102 Å². The van der Waals surface area contributed by atoms with Gasteiger partial charge in [-0.15, -0.1) is 0 Å². The van der Waals surface area contributed by atoms with E-state index in [4.69, 9.17) is 23.2 Å². The summed E-state index contributed by atoms with van der Waals surface area (Å²) in [5.74, 6) is -7.76. The number of nitrogens with one attached hydrogen (secondary N) is 1. The van der Waals surface area contributed by atoms with Crippen molar-refractivity contribution in [2.45, 2.75) is 30.4 Å². The molecule has 2 aliphatic heterocycles. The zero-order chi connectivity index (χ0) is 40.8. The van der Waals surface area contributed by atoms with Gasteiger partial charge in [-0.3, -0.25) is 29.5 Å². The van der Waals surface area contributed by atoms with E-state index in [1.807, 2.05) is 18.2 Å². The molecule has 2 aliphatic carbocycles. The Morgan fingerprint density at radius 1 is 0.897 bits per heavy atom. The van der Waals surface area contributed by atoms with Gasteiger partial charge in [0.2, 0.25) is 11.8 Å². The van der Waals surface area contributed by atoms with Crippen LogP contribution in [0.1, 0.15) is 41.0 Å². The van der Waals surface area contributed by atoms with E-state index in [9.17, 15) is 27.9 Å². The number of carbonyl (C=O) groups excluding carboxylic acids is 4. The summed E-state index contributed by atoms with van der Waals surface area (Å²) < 4.78 is 40.7. The second kappa shape index (κ2) is 13.6. The van der Waals surface area contributed by atoms with Crippen LogP contribution in [0.5, 0.6) is 5.75 Å². The molecular formula is C44H31Cl2F3N4O5. The van der Waals surface area contributed by atoms with E-state index >= 15 is 9.59 Å². The van der Waals surface area contributed by atoms with Gasteiger partial charge in [0.15, 0.2) is 5.82 Å². The number of aromatic nitrogens is 1. The number of aromatic hydroxyl groups is 1. The zero-order valence-electron chi connectivity index (χ0n) is 30.2. The number of rotatable bonds is 6. The summed E-state index contributed by atoms with van der Waals surface area (Å²) in [5.41, 5.74) is 2.15. The Hall–Kier alpha value is -5.98. The number of benzene rings is 4. The van der Waals surface area contributed by atoms with Gasteiger partial charge in [0.05, 0.1) is 39.4 Å². The molecule has 9 nitrogen and oxygen atoms in total. The Balaban J connectivity index is 1.26. The van der Waals surface area contributed by atoms with Gasteiger partial charge in [0, 0.05) is 22.7 Å². The number of hydrazine groups is 1. The third-order valence-corrected chi connectivity index (χ3v) is 12.7. The van der Waals surface area contributed by atoms with Crippen molar-refractivity contribution in [1.29, 1.82) is 0 Å². The lowest BCUT2D eigenvalue weighted by Crippen LogP contribution is -2.53. The van der Waals surface area contributed by atoms with Crippen LogP contribution >= 0.6 is 23.2 Å². The van der Waals surface area contributed by atoms with E-state index in [0.29, 0.717) is 45.1 Å². The van der Waals surface area contributed by atoms with Gasteiger partial charge in [-0.2, -0.15) is 18.2 Å². The minimum atomic E-state index is -4.76. The van der Waals surface area contributed by atoms with Crippen LogP contribution in [0.25, 0.3) is 16.8 Å². The summed E-state index contributed by atoms with van der Waals surface area (Å²) in [6.45, 7) is 3.77. The number of halogens is 5. The van der Waals surface area contributed by atoms with Gasteiger partial charge in [0.1, 0.15) is 5.75 Å². The van der Waals surface area contributed by atoms with Gasteiger partial charge in [0.25, 0.3) is 11.8 Å². The lowest BCUT2D eigenvalue weighted by Gasteiger charge is -2.51. The van der Waals surface area contributed by atoms with Gasteiger partial charge in [-0.25, -0.2) is 4.98 Å². The van der Waals surface area contributed by atoms with Crippen LogP contribution in [-0.2, 0) is 30.8 Å². The van der Waals surface area contributed by atoms with Crippen LogP contribution in [0.3, 0.4) is 0 Å². The second-order valence-corrected chi connectivity index (χ2v) is 15.8. The minimum absolute atomic E-state index is 0.0726. The number of fused-ring (bicyclic) bond motifs is 5. The summed E-state index contributed by atoms with van der Waals surface area (Å²) in [6, 6.07) is 24.4. The first-order valence-electron chi connectivity index (χ1n) is 18.4. The summed E-state index contributed by atoms with van der Waals surface area (Å²) in [5, 5.41) is 13.8. The molecule has 4 aliphatic rings. The Morgan fingerprint density at radius 2 is 1.62 bits per heavy atom. The van der Waals surface area contributed by atoms with Crippen molar-refractivity contribution in [2.24, 2.45) is 23.7 Å². The standard InChI is InChI=1S/C44H31Cl2F3N4O5/c1-2-22-7-14-27(15-8-22)52-39(55)30-17-16-29-31(35(30)41(52)57)20-32-40(56)53(51-38-33(46)19-25(21-50-38)44(47,48)49)42(58)43(32,24-10-12-26(45)13-11-24)37(29)36-28-6-4-3-5-23(28)9-18-34(36)54/h2-16,18-19,21,30-32,35,37,54H,1,17,20H2,(H,50,51)/t30-,31+,32-,35-,37+,43+/m0/s1. The number of anilines is 2. The summed E-state index contributed by atoms with van der Waals surface area (Å²) in [4.78, 5) is 64.4. The number of alkyl halides is 3. The fourth-order valence-corrected chi connectivity index (χ4v) is 10.0. The van der Waals surface area contributed by atoms with E-state index in [-0.39, 0.29) is 24.4 Å². The Kier molecular flexibility index (Phi) is 8.79. The molecule has 14 heteroatoms. The molecule has 9 rings (SSSR count). The summed E-state index contributed by atoms with van der Waals surface area (Å²) in [7, 11) is 0. The van der Waals surface area contributed by atoms with Crippen LogP contribution in [0.4, 0.5) is 24.7 Å². The quantitative estimate of drug-likeness (QED) is 0.130. The molecule has 0 unspecified atom stereocenters. The number of allylic oxidation sites excluding steroid dienone is 2. The van der Waals surface area contributed by atoms with Crippen molar-refractivity contribution in [3.8, 4) is 5.75 Å². The number of carbonyl (C=O) groups is 4. The molecule has 58 heavy (non-hydrogen) atoms. The van der Waals surface area contributed by atoms with Crippen LogP contribution in [0.2, 0.25) is 10.0 Å². The van der Waals surface area contributed by atoms with E-state index < -0.39 is 75.4 Å². The summed E-state index contributed by atoms with van der Waals surface area (Å²) in [6.07, 6.45) is -0.649. The highest BCUT2D eigenvalue weighted by Crippen LogP contribution is 2.65. The first kappa shape index (κ1) is 37.6. The third kappa shape index (κ3) is 5.49. The first-order valence-corrected chi connectivity index (χ1v) is 19.2. The average Bonchev–Trinajstić information content (AvgIpc) is 3.59. The maximum atomic E-state index is 15.6. The van der Waals surface area contributed by atoms with Crippen molar-refractivity contribution in [3.63, 3.8) is 0 Å². The molecule has 4 amide bonds. The molecule has 6 atom stereocenters. The number of pyridine rings is 1. The number of hydrogen-bond acceptors (Lipinski definition) is 7. The Labute approximate surface area is 339 Å². The number of hydrogen-bond donors (Lipinski definition) is 2. The molecular weight excluding hydrogens is 792 g/mol.